The van der Waals surface area contributed by atoms with E-state index in [1.165, 1.54) is 29.0 Å². The smallest absolute Gasteiger partial charge is 0.279 e. The Morgan fingerprint density at radius 1 is 1.15 bits per heavy atom. The average molecular weight is 370 g/mol. The molecule has 0 bridgehead atoms. The fourth-order valence-electron chi connectivity index (χ4n) is 2.84. The average Bonchev–Trinajstić information content (AvgIpc) is 2.91. The second-order valence-electron chi connectivity index (χ2n) is 7.39. The molecule has 0 saturated carbocycles. The summed E-state index contributed by atoms with van der Waals surface area (Å²) in [7, 11) is 0. The lowest BCUT2D eigenvalue weighted by atomic mass is 9.87. The standard InChI is InChI=1S/C21H23FN2OS/c1-5-12-24-17-11-10-16(22)13-18(17)26-20(24)23-19(25)14-6-8-15(9-7-14)21(2,3)4/h6-11,13H,5,12H2,1-4H3. The van der Waals surface area contributed by atoms with Gasteiger partial charge in [0.2, 0.25) is 0 Å². The van der Waals surface area contributed by atoms with Crippen LogP contribution in [0.5, 0.6) is 0 Å². The molecule has 0 N–H and O–H groups in total. The predicted octanol–water partition coefficient (Wildman–Crippen LogP) is 5.29. The van der Waals surface area contributed by atoms with E-state index in [4.69, 9.17) is 0 Å². The van der Waals surface area contributed by atoms with Gasteiger partial charge < -0.3 is 4.57 Å². The summed E-state index contributed by atoms with van der Waals surface area (Å²) in [6, 6.07) is 12.3. The van der Waals surface area contributed by atoms with Crippen LogP contribution in [-0.4, -0.2) is 10.5 Å². The fraction of sp³-hybridized carbons (Fsp3) is 0.333. The predicted molar refractivity (Wildman–Crippen MR) is 105 cm³/mol. The molecular weight excluding hydrogens is 347 g/mol. The van der Waals surface area contributed by atoms with Crippen molar-refractivity contribution in [3.63, 3.8) is 0 Å². The van der Waals surface area contributed by atoms with Crippen LogP contribution in [0.25, 0.3) is 10.2 Å². The third kappa shape index (κ3) is 3.78. The molecule has 5 heteroatoms. The number of rotatable bonds is 3. The number of fused-ring (bicyclic) bond motifs is 1. The van der Waals surface area contributed by atoms with Gasteiger partial charge in [0, 0.05) is 12.1 Å². The maximum absolute atomic E-state index is 13.5. The van der Waals surface area contributed by atoms with E-state index in [2.05, 4.69) is 32.7 Å². The number of hydrogen-bond acceptors (Lipinski definition) is 2. The van der Waals surface area contributed by atoms with E-state index >= 15 is 0 Å². The van der Waals surface area contributed by atoms with E-state index in [-0.39, 0.29) is 17.1 Å². The highest BCUT2D eigenvalue weighted by Gasteiger charge is 2.14. The third-order valence-electron chi connectivity index (χ3n) is 4.29. The molecule has 26 heavy (non-hydrogen) atoms. The minimum absolute atomic E-state index is 0.0401. The van der Waals surface area contributed by atoms with Gasteiger partial charge in [-0.25, -0.2) is 4.39 Å². The second kappa shape index (κ2) is 7.16. The van der Waals surface area contributed by atoms with Crippen LogP contribution in [-0.2, 0) is 12.0 Å². The van der Waals surface area contributed by atoms with Crippen LogP contribution in [0.2, 0.25) is 0 Å². The van der Waals surface area contributed by atoms with Gasteiger partial charge in [-0.1, -0.05) is 51.2 Å². The number of hydrogen-bond donors (Lipinski definition) is 0. The lowest BCUT2D eigenvalue weighted by Crippen LogP contribution is -2.17. The monoisotopic (exact) mass is 370 g/mol. The molecule has 1 heterocycles. The van der Waals surface area contributed by atoms with Crippen molar-refractivity contribution >= 4 is 27.5 Å². The molecule has 0 radical (unpaired) electrons. The van der Waals surface area contributed by atoms with E-state index in [0.29, 0.717) is 10.4 Å². The van der Waals surface area contributed by atoms with Gasteiger partial charge in [0.25, 0.3) is 5.91 Å². The van der Waals surface area contributed by atoms with Gasteiger partial charge in [-0.05, 0) is 47.7 Å². The Labute approximate surface area is 156 Å². The lowest BCUT2D eigenvalue weighted by Gasteiger charge is -2.18. The molecule has 136 valence electrons. The maximum atomic E-state index is 13.5. The molecular formula is C21H23FN2OS. The summed E-state index contributed by atoms with van der Waals surface area (Å²) in [6.07, 6.45) is 0.908. The first-order valence-corrected chi connectivity index (χ1v) is 9.60. The number of carbonyl (C=O) groups is 1. The van der Waals surface area contributed by atoms with E-state index < -0.39 is 0 Å². The first kappa shape index (κ1) is 18.5. The molecule has 3 aromatic rings. The summed E-state index contributed by atoms with van der Waals surface area (Å²) in [5.41, 5.74) is 2.68. The van der Waals surface area contributed by atoms with Gasteiger partial charge in [0.1, 0.15) is 5.82 Å². The molecule has 3 nitrogen and oxygen atoms in total. The number of halogens is 1. The molecule has 0 spiro atoms. The van der Waals surface area contributed by atoms with Gasteiger partial charge >= 0.3 is 0 Å². The number of nitrogens with zero attached hydrogens (tertiary/aromatic N) is 2. The number of aryl methyl sites for hydroxylation is 1. The quantitative estimate of drug-likeness (QED) is 0.617. The van der Waals surface area contributed by atoms with E-state index in [9.17, 15) is 9.18 Å². The van der Waals surface area contributed by atoms with Crippen molar-refractivity contribution in [1.29, 1.82) is 0 Å². The Kier molecular flexibility index (Phi) is 5.10. The molecule has 1 amide bonds. The Balaban J connectivity index is 2.03. The lowest BCUT2D eigenvalue weighted by molar-refractivity contribution is 0.0997. The first-order valence-electron chi connectivity index (χ1n) is 8.78. The highest BCUT2D eigenvalue weighted by molar-refractivity contribution is 7.16. The Morgan fingerprint density at radius 3 is 2.46 bits per heavy atom. The van der Waals surface area contributed by atoms with Crippen LogP contribution in [0.3, 0.4) is 0 Å². The topological polar surface area (TPSA) is 34.4 Å². The van der Waals surface area contributed by atoms with Crippen molar-refractivity contribution in [3.8, 4) is 0 Å². The summed E-state index contributed by atoms with van der Waals surface area (Å²) in [5, 5.41) is 0. The molecule has 2 aromatic carbocycles. The van der Waals surface area contributed by atoms with Crippen LogP contribution >= 0.6 is 11.3 Å². The highest BCUT2D eigenvalue weighted by Crippen LogP contribution is 2.22. The number of thiazole rings is 1. The Hall–Kier alpha value is -2.27. The molecule has 0 aliphatic carbocycles. The highest BCUT2D eigenvalue weighted by atomic mass is 32.1. The van der Waals surface area contributed by atoms with E-state index in [1.54, 1.807) is 6.07 Å². The zero-order valence-electron chi connectivity index (χ0n) is 15.5. The van der Waals surface area contributed by atoms with Gasteiger partial charge in [0.15, 0.2) is 4.80 Å². The number of carbonyl (C=O) groups excluding carboxylic acids is 1. The summed E-state index contributed by atoms with van der Waals surface area (Å²) < 4.78 is 16.3. The van der Waals surface area contributed by atoms with Crippen LogP contribution in [0.1, 0.15) is 50.0 Å². The number of benzene rings is 2. The minimum atomic E-state index is -0.280. The van der Waals surface area contributed by atoms with Crippen molar-refractivity contribution in [2.75, 3.05) is 0 Å². The number of aromatic nitrogens is 1. The van der Waals surface area contributed by atoms with Crippen LogP contribution in [0, 0.1) is 5.82 Å². The molecule has 0 aliphatic heterocycles. The van der Waals surface area contributed by atoms with Crippen LogP contribution < -0.4 is 4.80 Å². The Bertz CT molecular complexity index is 1010. The number of amides is 1. The van der Waals surface area contributed by atoms with Crippen molar-refractivity contribution in [2.24, 2.45) is 4.99 Å². The molecule has 0 aliphatic rings. The molecule has 0 saturated heterocycles. The van der Waals surface area contributed by atoms with Gasteiger partial charge in [-0.2, -0.15) is 4.99 Å². The van der Waals surface area contributed by atoms with Gasteiger partial charge in [-0.3, -0.25) is 4.79 Å². The third-order valence-corrected chi connectivity index (χ3v) is 5.33. The molecule has 0 unspecified atom stereocenters. The van der Waals surface area contributed by atoms with Crippen molar-refractivity contribution < 1.29 is 9.18 Å². The Morgan fingerprint density at radius 2 is 1.85 bits per heavy atom. The van der Waals surface area contributed by atoms with Gasteiger partial charge in [0.05, 0.1) is 10.2 Å². The normalized spacial score (nSPS) is 12.7. The van der Waals surface area contributed by atoms with Crippen LogP contribution in [0.4, 0.5) is 4.39 Å². The fourth-order valence-corrected chi connectivity index (χ4v) is 3.92. The zero-order chi connectivity index (χ0) is 18.9. The second-order valence-corrected chi connectivity index (χ2v) is 8.40. The van der Waals surface area contributed by atoms with Gasteiger partial charge in [-0.15, -0.1) is 0 Å². The van der Waals surface area contributed by atoms with Crippen molar-refractivity contribution in [2.45, 2.75) is 46.1 Å². The minimum Gasteiger partial charge on any atom is -0.316 e. The van der Waals surface area contributed by atoms with Crippen molar-refractivity contribution in [1.82, 2.24) is 4.57 Å². The van der Waals surface area contributed by atoms with Crippen LogP contribution in [0.15, 0.2) is 47.5 Å². The largest absolute Gasteiger partial charge is 0.316 e. The van der Waals surface area contributed by atoms with E-state index in [1.807, 2.05) is 28.8 Å². The molecule has 1 aromatic heterocycles. The summed E-state index contributed by atoms with van der Waals surface area (Å²) in [5.74, 6) is -0.555. The summed E-state index contributed by atoms with van der Waals surface area (Å²) >= 11 is 1.34. The first-order chi connectivity index (χ1) is 12.3. The maximum Gasteiger partial charge on any atom is 0.279 e. The van der Waals surface area contributed by atoms with Crippen molar-refractivity contribution in [3.05, 3.63) is 64.2 Å². The summed E-state index contributed by atoms with van der Waals surface area (Å²) in [4.78, 5) is 17.6. The molecule has 0 atom stereocenters. The molecule has 0 fully saturated rings. The molecule has 3 rings (SSSR count). The SMILES string of the molecule is CCCn1c(=NC(=O)c2ccc(C(C)(C)C)cc2)sc2cc(F)ccc21. The van der Waals surface area contributed by atoms with E-state index in [0.717, 1.165) is 23.2 Å². The zero-order valence-corrected chi connectivity index (χ0v) is 16.4. The summed E-state index contributed by atoms with van der Waals surface area (Å²) in [6.45, 7) is 9.21.